The molecule has 0 saturated carbocycles. The molecule has 1 fully saturated rings. The molecule has 1 aliphatic heterocycles. The highest BCUT2D eigenvalue weighted by Gasteiger charge is 2.11. The highest BCUT2D eigenvalue weighted by molar-refractivity contribution is 7.18. The molecule has 1 saturated heterocycles. The van der Waals surface area contributed by atoms with Gasteiger partial charge in [0.2, 0.25) is 5.28 Å². The molecule has 0 aliphatic carbocycles. The third-order valence-electron chi connectivity index (χ3n) is 3.88. The molecule has 3 heterocycles. The van der Waals surface area contributed by atoms with Crippen LogP contribution in [0.5, 0.6) is 0 Å². The molecule has 6 heteroatoms. The number of unbranched alkanes of at least 4 members (excludes halogenated alkanes) is 1. The maximum absolute atomic E-state index is 6.00. The molecule has 1 N–H and O–H groups in total. The Balaban J connectivity index is 1.52. The lowest BCUT2D eigenvalue weighted by molar-refractivity contribution is 0.331. The minimum absolute atomic E-state index is 0.323. The summed E-state index contributed by atoms with van der Waals surface area (Å²) in [4.78, 5) is 13.4. The highest BCUT2D eigenvalue weighted by Crippen LogP contribution is 2.29. The van der Waals surface area contributed by atoms with E-state index in [-0.39, 0.29) is 0 Å². The Morgan fingerprint density at radius 3 is 2.90 bits per heavy atom. The Morgan fingerprint density at radius 2 is 2.10 bits per heavy atom. The first-order chi connectivity index (χ1) is 10.2. The topological polar surface area (TPSA) is 41.0 Å². The molecule has 0 radical (unpaired) electrons. The lowest BCUT2D eigenvalue weighted by Gasteiger charge is -2.14. The molecule has 21 heavy (non-hydrogen) atoms. The van der Waals surface area contributed by atoms with E-state index in [4.69, 9.17) is 11.6 Å². The van der Waals surface area contributed by atoms with Crippen molar-refractivity contribution >= 4 is 39.0 Å². The molecule has 0 atom stereocenters. The van der Waals surface area contributed by atoms with E-state index in [0.717, 1.165) is 29.0 Å². The number of rotatable bonds is 6. The summed E-state index contributed by atoms with van der Waals surface area (Å²) in [6.07, 6.45) is 5.13. The number of halogens is 1. The Kier molecular flexibility index (Phi) is 4.93. The first-order valence-corrected chi connectivity index (χ1v) is 8.82. The van der Waals surface area contributed by atoms with Crippen LogP contribution >= 0.6 is 22.9 Å². The van der Waals surface area contributed by atoms with Crippen molar-refractivity contribution in [2.45, 2.75) is 32.6 Å². The molecule has 2 aromatic heterocycles. The summed E-state index contributed by atoms with van der Waals surface area (Å²) in [7, 11) is 0. The van der Waals surface area contributed by atoms with Crippen molar-refractivity contribution in [1.82, 2.24) is 14.9 Å². The van der Waals surface area contributed by atoms with E-state index < -0.39 is 0 Å². The van der Waals surface area contributed by atoms with Gasteiger partial charge in [-0.15, -0.1) is 11.3 Å². The standard InChI is InChI=1S/C15H21ClN4S/c1-11-10-12-13(18-15(16)19-14(12)21-11)17-6-2-3-7-20-8-4-5-9-20/h10H,2-9H2,1H3,(H,17,18,19). The van der Waals surface area contributed by atoms with E-state index in [2.05, 4.69) is 33.2 Å². The Morgan fingerprint density at radius 1 is 1.29 bits per heavy atom. The van der Waals surface area contributed by atoms with Crippen LogP contribution in [0.2, 0.25) is 5.28 Å². The van der Waals surface area contributed by atoms with Crippen molar-refractivity contribution in [2.24, 2.45) is 0 Å². The second-order valence-corrected chi connectivity index (χ2v) is 7.17. The Labute approximate surface area is 134 Å². The zero-order chi connectivity index (χ0) is 14.7. The van der Waals surface area contributed by atoms with Gasteiger partial charge in [0.05, 0.1) is 5.39 Å². The number of nitrogens with one attached hydrogen (secondary N) is 1. The Bertz CT molecular complexity index is 607. The van der Waals surface area contributed by atoms with Crippen LogP contribution in [-0.4, -0.2) is 41.0 Å². The summed E-state index contributed by atoms with van der Waals surface area (Å²) in [5.41, 5.74) is 0. The van der Waals surface area contributed by atoms with Gasteiger partial charge in [0.25, 0.3) is 0 Å². The SMILES string of the molecule is Cc1cc2c(NCCCCN3CCCC3)nc(Cl)nc2s1. The monoisotopic (exact) mass is 324 g/mol. The van der Waals surface area contributed by atoms with Gasteiger partial charge < -0.3 is 10.2 Å². The van der Waals surface area contributed by atoms with E-state index >= 15 is 0 Å². The van der Waals surface area contributed by atoms with Gasteiger partial charge in [-0.05, 0) is 69.9 Å². The number of likely N-dealkylation sites (tertiary alicyclic amines) is 1. The number of aryl methyl sites for hydroxylation is 1. The van der Waals surface area contributed by atoms with Crippen molar-refractivity contribution in [3.8, 4) is 0 Å². The van der Waals surface area contributed by atoms with Gasteiger partial charge in [-0.25, -0.2) is 9.97 Å². The first-order valence-electron chi connectivity index (χ1n) is 7.62. The van der Waals surface area contributed by atoms with E-state index in [0.29, 0.717) is 5.28 Å². The number of hydrogen-bond acceptors (Lipinski definition) is 5. The summed E-state index contributed by atoms with van der Waals surface area (Å²) in [6.45, 7) is 6.80. The predicted octanol–water partition coefficient (Wildman–Crippen LogP) is 3.94. The number of hydrogen-bond donors (Lipinski definition) is 1. The molecular formula is C15H21ClN4S. The first kappa shape index (κ1) is 15.0. The largest absolute Gasteiger partial charge is 0.369 e. The number of aromatic nitrogens is 2. The van der Waals surface area contributed by atoms with Gasteiger partial charge >= 0.3 is 0 Å². The van der Waals surface area contributed by atoms with Crippen molar-refractivity contribution in [1.29, 1.82) is 0 Å². The third-order valence-corrected chi connectivity index (χ3v) is 4.99. The molecule has 0 aromatic carbocycles. The molecule has 1 aliphatic rings. The van der Waals surface area contributed by atoms with Gasteiger partial charge in [0.15, 0.2) is 0 Å². The average Bonchev–Trinajstić information content (AvgIpc) is 3.06. The van der Waals surface area contributed by atoms with Crippen molar-refractivity contribution in [2.75, 3.05) is 31.5 Å². The molecule has 3 rings (SSSR count). The second kappa shape index (κ2) is 6.90. The van der Waals surface area contributed by atoms with Crippen LogP contribution in [0.15, 0.2) is 6.07 Å². The normalized spacial score (nSPS) is 15.9. The minimum atomic E-state index is 0.323. The lowest BCUT2D eigenvalue weighted by Crippen LogP contribution is -2.20. The average molecular weight is 325 g/mol. The van der Waals surface area contributed by atoms with Crippen LogP contribution < -0.4 is 5.32 Å². The predicted molar refractivity (Wildman–Crippen MR) is 90.6 cm³/mol. The molecule has 0 spiro atoms. The van der Waals surface area contributed by atoms with E-state index in [1.165, 1.54) is 43.8 Å². The molecule has 2 aromatic rings. The molecule has 0 amide bonds. The van der Waals surface area contributed by atoms with E-state index in [9.17, 15) is 0 Å². The van der Waals surface area contributed by atoms with E-state index in [1.54, 1.807) is 11.3 Å². The third kappa shape index (κ3) is 3.84. The van der Waals surface area contributed by atoms with Gasteiger partial charge in [-0.3, -0.25) is 0 Å². The van der Waals surface area contributed by atoms with Crippen LogP contribution in [0.4, 0.5) is 5.82 Å². The zero-order valence-corrected chi connectivity index (χ0v) is 13.9. The highest BCUT2D eigenvalue weighted by atomic mass is 35.5. The molecule has 0 unspecified atom stereocenters. The second-order valence-electron chi connectivity index (χ2n) is 5.60. The van der Waals surface area contributed by atoms with Crippen molar-refractivity contribution in [3.63, 3.8) is 0 Å². The molecule has 4 nitrogen and oxygen atoms in total. The van der Waals surface area contributed by atoms with Gasteiger partial charge in [0.1, 0.15) is 10.6 Å². The van der Waals surface area contributed by atoms with Gasteiger partial charge in [-0.1, -0.05) is 0 Å². The maximum atomic E-state index is 6.00. The number of fused-ring (bicyclic) bond motifs is 1. The smallest absolute Gasteiger partial charge is 0.225 e. The van der Waals surface area contributed by atoms with Crippen LogP contribution in [0.25, 0.3) is 10.2 Å². The number of anilines is 1. The van der Waals surface area contributed by atoms with Crippen LogP contribution in [0, 0.1) is 6.92 Å². The van der Waals surface area contributed by atoms with Gasteiger partial charge in [-0.2, -0.15) is 0 Å². The van der Waals surface area contributed by atoms with Crippen LogP contribution in [0.1, 0.15) is 30.6 Å². The van der Waals surface area contributed by atoms with Crippen molar-refractivity contribution in [3.05, 3.63) is 16.2 Å². The van der Waals surface area contributed by atoms with Gasteiger partial charge in [0, 0.05) is 11.4 Å². The summed E-state index contributed by atoms with van der Waals surface area (Å²) in [5.74, 6) is 0.871. The van der Waals surface area contributed by atoms with Crippen LogP contribution in [0.3, 0.4) is 0 Å². The molecule has 114 valence electrons. The van der Waals surface area contributed by atoms with Crippen molar-refractivity contribution < 1.29 is 0 Å². The maximum Gasteiger partial charge on any atom is 0.225 e. The fourth-order valence-corrected chi connectivity index (χ4v) is 3.92. The zero-order valence-electron chi connectivity index (χ0n) is 12.4. The molecular weight excluding hydrogens is 304 g/mol. The molecule has 0 bridgehead atoms. The lowest BCUT2D eigenvalue weighted by atomic mass is 10.3. The summed E-state index contributed by atoms with van der Waals surface area (Å²) in [5, 5.41) is 4.83. The minimum Gasteiger partial charge on any atom is -0.369 e. The fourth-order valence-electron chi connectivity index (χ4n) is 2.82. The van der Waals surface area contributed by atoms with Crippen LogP contribution in [-0.2, 0) is 0 Å². The summed E-state index contributed by atoms with van der Waals surface area (Å²) >= 11 is 7.66. The summed E-state index contributed by atoms with van der Waals surface area (Å²) in [6, 6.07) is 2.13. The number of nitrogens with zero attached hydrogens (tertiary/aromatic N) is 3. The Hall–Kier alpha value is -0.910. The quantitative estimate of drug-likeness (QED) is 0.645. The fraction of sp³-hybridized carbons (Fsp3) is 0.600. The summed E-state index contributed by atoms with van der Waals surface area (Å²) < 4.78 is 0. The van der Waals surface area contributed by atoms with E-state index in [1.807, 2.05) is 0 Å². The number of thiophene rings is 1.